The molecular weight excluding hydrogens is 462 g/mol. The van der Waals surface area contributed by atoms with E-state index in [4.69, 9.17) is 0 Å². The molecule has 4 aliphatic rings. The van der Waals surface area contributed by atoms with Gasteiger partial charge in [0.25, 0.3) is 0 Å². The lowest BCUT2D eigenvalue weighted by Crippen LogP contribution is -2.63. The molecular formula is C36H69NO. The van der Waals surface area contributed by atoms with Gasteiger partial charge in [-0.15, -0.1) is 0 Å². The van der Waals surface area contributed by atoms with Crippen molar-refractivity contribution < 1.29 is 4.79 Å². The van der Waals surface area contributed by atoms with Crippen molar-refractivity contribution >= 4 is 5.91 Å². The number of carbonyl (C=O) groups is 1. The van der Waals surface area contributed by atoms with Crippen LogP contribution in [0, 0.1) is 58.2 Å². The first-order valence-electron chi connectivity index (χ1n) is 17.1. The highest BCUT2D eigenvalue weighted by molar-refractivity contribution is 5.77. The molecule has 2 heteroatoms. The molecule has 3 saturated carbocycles. The molecule has 0 aromatic rings. The van der Waals surface area contributed by atoms with Crippen LogP contribution in [0.4, 0.5) is 0 Å². The van der Waals surface area contributed by atoms with Gasteiger partial charge in [0.1, 0.15) is 0 Å². The SMILES string of the molecule is CC.CC(C)C.CCCC1CC2N(C)C(=O)CC[C@]2(C)C2CC[C@]3(C)C(C(C)CCCC(C)C)CCC3C12. The highest BCUT2D eigenvalue weighted by atomic mass is 16.2. The molecule has 1 aliphatic heterocycles. The van der Waals surface area contributed by atoms with Crippen LogP contribution in [0.5, 0.6) is 0 Å². The summed E-state index contributed by atoms with van der Waals surface area (Å²) in [6.45, 7) is 25.5. The standard InChI is InChI=1S/C30H53NO.C4H10.C2H6/c1-8-10-22-19-26-30(6,18-16-27(32)31(26)7)25-15-17-29(5)23(13-14-24(29)28(22)25)21(4)12-9-11-20(2)3;1-4(2)3;1-2/h20-26,28H,8-19H2,1-7H3;4H,1-3H3;1-2H3/t21?,22?,23?,24?,25?,26?,28?,29-,30-;;/m1../s1. The molecule has 0 bridgehead atoms. The van der Waals surface area contributed by atoms with Gasteiger partial charge in [-0.05, 0) is 96.7 Å². The van der Waals surface area contributed by atoms with E-state index in [1.807, 2.05) is 13.8 Å². The number of hydrogen-bond donors (Lipinski definition) is 0. The summed E-state index contributed by atoms with van der Waals surface area (Å²) in [6.07, 6.45) is 15.9. The first-order valence-corrected chi connectivity index (χ1v) is 17.1. The van der Waals surface area contributed by atoms with Crippen LogP contribution in [0.2, 0.25) is 0 Å². The van der Waals surface area contributed by atoms with E-state index in [1.165, 1.54) is 64.2 Å². The number of piperidine rings is 1. The van der Waals surface area contributed by atoms with Gasteiger partial charge in [0, 0.05) is 19.5 Å². The van der Waals surface area contributed by atoms with E-state index in [2.05, 4.69) is 74.3 Å². The summed E-state index contributed by atoms with van der Waals surface area (Å²) < 4.78 is 0. The maximum absolute atomic E-state index is 12.6. The molecule has 2 nitrogen and oxygen atoms in total. The zero-order chi connectivity index (χ0) is 28.8. The number of carbonyl (C=O) groups excluding carboxylic acids is 1. The van der Waals surface area contributed by atoms with Crippen LogP contribution in [-0.4, -0.2) is 23.9 Å². The Kier molecular flexibility index (Phi) is 12.8. The summed E-state index contributed by atoms with van der Waals surface area (Å²) >= 11 is 0. The minimum Gasteiger partial charge on any atom is -0.342 e. The van der Waals surface area contributed by atoms with Gasteiger partial charge >= 0.3 is 0 Å². The zero-order valence-corrected chi connectivity index (χ0v) is 28.0. The number of hydrogen-bond acceptors (Lipinski definition) is 1. The highest BCUT2D eigenvalue weighted by Crippen LogP contribution is 2.68. The number of rotatable bonds is 7. The van der Waals surface area contributed by atoms with E-state index in [0.717, 1.165) is 60.2 Å². The van der Waals surface area contributed by atoms with Gasteiger partial charge < -0.3 is 4.90 Å². The van der Waals surface area contributed by atoms with Crippen LogP contribution in [-0.2, 0) is 4.79 Å². The van der Waals surface area contributed by atoms with Gasteiger partial charge in [0.05, 0.1) is 0 Å². The van der Waals surface area contributed by atoms with E-state index < -0.39 is 0 Å². The molecule has 0 N–H and O–H groups in total. The quantitative estimate of drug-likeness (QED) is 0.320. The fourth-order valence-electron chi connectivity index (χ4n) is 9.97. The monoisotopic (exact) mass is 532 g/mol. The first kappa shape index (κ1) is 33.7. The zero-order valence-electron chi connectivity index (χ0n) is 28.0. The fraction of sp³-hybridized carbons (Fsp3) is 0.972. The lowest BCUT2D eigenvalue weighted by Gasteiger charge is -2.64. The fourth-order valence-corrected chi connectivity index (χ4v) is 9.97. The summed E-state index contributed by atoms with van der Waals surface area (Å²) in [4.78, 5) is 14.8. The van der Waals surface area contributed by atoms with Crippen molar-refractivity contribution in [3.8, 4) is 0 Å². The van der Waals surface area contributed by atoms with Crippen LogP contribution in [0.15, 0.2) is 0 Å². The summed E-state index contributed by atoms with van der Waals surface area (Å²) in [5.41, 5.74) is 0.907. The topological polar surface area (TPSA) is 20.3 Å². The molecule has 9 atom stereocenters. The number of likely N-dealkylation sites (tertiary alicyclic amines) is 1. The molecule has 38 heavy (non-hydrogen) atoms. The second-order valence-electron chi connectivity index (χ2n) is 15.4. The maximum Gasteiger partial charge on any atom is 0.222 e. The predicted octanol–water partition coefficient (Wildman–Crippen LogP) is 10.6. The summed E-state index contributed by atoms with van der Waals surface area (Å²) in [7, 11) is 2.12. The highest BCUT2D eigenvalue weighted by Gasteiger charge is 2.63. The Morgan fingerprint density at radius 2 is 1.50 bits per heavy atom. The van der Waals surface area contributed by atoms with Gasteiger partial charge in [0.2, 0.25) is 5.91 Å². The van der Waals surface area contributed by atoms with Crippen molar-refractivity contribution in [3.63, 3.8) is 0 Å². The number of nitrogens with zero attached hydrogens (tertiary/aromatic N) is 1. The number of amides is 1. The van der Waals surface area contributed by atoms with Gasteiger partial charge in [-0.3, -0.25) is 4.79 Å². The van der Waals surface area contributed by atoms with Crippen molar-refractivity contribution in [2.45, 2.75) is 159 Å². The Balaban J connectivity index is 0.000000773. The van der Waals surface area contributed by atoms with Crippen molar-refractivity contribution in [2.24, 2.45) is 58.2 Å². The Hall–Kier alpha value is -0.530. The average molecular weight is 532 g/mol. The third kappa shape index (κ3) is 7.02. The summed E-state index contributed by atoms with van der Waals surface area (Å²) in [5, 5.41) is 0. The Morgan fingerprint density at radius 1 is 0.895 bits per heavy atom. The molecule has 0 aromatic carbocycles. The molecule has 224 valence electrons. The van der Waals surface area contributed by atoms with E-state index in [9.17, 15) is 4.79 Å². The van der Waals surface area contributed by atoms with Crippen molar-refractivity contribution in [3.05, 3.63) is 0 Å². The average Bonchev–Trinajstić information content (AvgIpc) is 3.21. The van der Waals surface area contributed by atoms with Crippen LogP contribution >= 0.6 is 0 Å². The second kappa shape index (κ2) is 14.4. The Morgan fingerprint density at radius 3 is 2.08 bits per heavy atom. The molecule has 3 aliphatic carbocycles. The van der Waals surface area contributed by atoms with Gasteiger partial charge in [-0.1, -0.05) is 108 Å². The van der Waals surface area contributed by atoms with E-state index in [0.29, 0.717) is 22.8 Å². The molecule has 7 unspecified atom stereocenters. The second-order valence-corrected chi connectivity index (χ2v) is 15.4. The van der Waals surface area contributed by atoms with Gasteiger partial charge in [-0.25, -0.2) is 0 Å². The predicted molar refractivity (Wildman–Crippen MR) is 167 cm³/mol. The van der Waals surface area contributed by atoms with Crippen LogP contribution in [0.25, 0.3) is 0 Å². The third-order valence-electron chi connectivity index (χ3n) is 11.6. The minimum atomic E-state index is 0.347. The van der Waals surface area contributed by atoms with E-state index >= 15 is 0 Å². The molecule has 1 saturated heterocycles. The van der Waals surface area contributed by atoms with Crippen molar-refractivity contribution in [1.82, 2.24) is 4.90 Å². The van der Waals surface area contributed by atoms with E-state index in [1.54, 1.807) is 0 Å². The first-order chi connectivity index (χ1) is 17.9. The number of fused-ring (bicyclic) bond motifs is 5. The maximum atomic E-state index is 12.6. The van der Waals surface area contributed by atoms with Crippen LogP contribution in [0.3, 0.4) is 0 Å². The molecule has 4 rings (SSSR count). The molecule has 0 aromatic heterocycles. The lowest BCUT2D eigenvalue weighted by atomic mass is 9.43. The minimum absolute atomic E-state index is 0.347. The largest absolute Gasteiger partial charge is 0.342 e. The molecule has 1 amide bonds. The van der Waals surface area contributed by atoms with E-state index in [-0.39, 0.29) is 0 Å². The smallest absolute Gasteiger partial charge is 0.222 e. The third-order valence-corrected chi connectivity index (χ3v) is 11.6. The molecule has 4 fully saturated rings. The van der Waals surface area contributed by atoms with Crippen molar-refractivity contribution in [2.75, 3.05) is 7.05 Å². The van der Waals surface area contributed by atoms with Crippen molar-refractivity contribution in [1.29, 1.82) is 0 Å². The van der Waals surface area contributed by atoms with Crippen LogP contribution < -0.4 is 0 Å². The van der Waals surface area contributed by atoms with Gasteiger partial charge in [0.15, 0.2) is 0 Å². The molecule has 0 radical (unpaired) electrons. The van der Waals surface area contributed by atoms with Gasteiger partial charge in [-0.2, -0.15) is 0 Å². The normalized spacial score (nSPS) is 38.9. The molecule has 0 spiro atoms. The molecule has 1 heterocycles. The lowest BCUT2D eigenvalue weighted by molar-refractivity contribution is -0.169. The summed E-state index contributed by atoms with van der Waals surface area (Å²) in [5.74, 6) is 7.39. The van der Waals surface area contributed by atoms with Crippen LogP contribution in [0.1, 0.15) is 153 Å². The Bertz CT molecular complexity index is 711. The summed E-state index contributed by atoms with van der Waals surface area (Å²) in [6, 6.07) is 0.484. The Labute approximate surface area is 239 Å².